The summed E-state index contributed by atoms with van der Waals surface area (Å²) < 4.78 is 5.58. The maximum Gasteiger partial charge on any atom is 0.0741 e. The highest BCUT2D eigenvalue weighted by Gasteiger charge is 2.17. The maximum atomic E-state index is 5.96. The average molecular weight is 228 g/mol. The summed E-state index contributed by atoms with van der Waals surface area (Å²) in [4.78, 5) is 0. The molecule has 1 rings (SSSR count). The highest BCUT2D eigenvalue weighted by atomic mass is 35.5. The summed E-state index contributed by atoms with van der Waals surface area (Å²) in [6, 6.07) is 8.05. The normalized spacial score (nSPS) is 14.9. The van der Waals surface area contributed by atoms with Gasteiger partial charge in [0.1, 0.15) is 0 Å². The molecular formula is C12H18ClNO. The molecule has 0 heterocycles. The Hall–Kier alpha value is -0.570. The van der Waals surface area contributed by atoms with E-state index in [1.807, 2.05) is 32.2 Å². The van der Waals surface area contributed by atoms with Gasteiger partial charge >= 0.3 is 0 Å². The van der Waals surface area contributed by atoms with Gasteiger partial charge < -0.3 is 10.1 Å². The topological polar surface area (TPSA) is 21.3 Å². The van der Waals surface area contributed by atoms with Gasteiger partial charge in [0.2, 0.25) is 0 Å². The Labute approximate surface area is 96.6 Å². The van der Waals surface area contributed by atoms with Crippen LogP contribution in [0.5, 0.6) is 0 Å². The van der Waals surface area contributed by atoms with Gasteiger partial charge in [0, 0.05) is 11.6 Å². The van der Waals surface area contributed by atoms with Gasteiger partial charge in [-0.3, -0.25) is 0 Å². The summed E-state index contributed by atoms with van der Waals surface area (Å²) in [6.45, 7) is 4.78. The maximum absolute atomic E-state index is 5.96. The van der Waals surface area contributed by atoms with Crippen LogP contribution >= 0.6 is 11.6 Å². The van der Waals surface area contributed by atoms with Crippen molar-refractivity contribution in [3.63, 3.8) is 0 Å². The first kappa shape index (κ1) is 12.5. The number of hydrogen-bond acceptors (Lipinski definition) is 2. The number of benzene rings is 1. The van der Waals surface area contributed by atoms with Gasteiger partial charge in [-0.25, -0.2) is 0 Å². The molecule has 0 aliphatic rings. The summed E-state index contributed by atoms with van der Waals surface area (Å²) in [6.07, 6.45) is 0.137. The molecule has 1 N–H and O–H groups in total. The summed E-state index contributed by atoms with van der Waals surface area (Å²) in [7, 11) is 1.93. The van der Waals surface area contributed by atoms with Crippen molar-refractivity contribution in [2.75, 3.05) is 13.7 Å². The fourth-order valence-electron chi connectivity index (χ4n) is 1.73. The summed E-state index contributed by atoms with van der Waals surface area (Å²) in [5.41, 5.74) is 1.16. The van der Waals surface area contributed by atoms with Crippen LogP contribution in [0.2, 0.25) is 5.02 Å². The molecule has 0 fully saturated rings. The zero-order valence-corrected chi connectivity index (χ0v) is 10.2. The van der Waals surface area contributed by atoms with Crippen LogP contribution in [0.1, 0.15) is 25.5 Å². The number of ether oxygens (including phenoxy) is 1. The highest BCUT2D eigenvalue weighted by molar-refractivity contribution is 6.30. The first-order valence-corrected chi connectivity index (χ1v) is 5.61. The van der Waals surface area contributed by atoms with E-state index in [1.165, 1.54) is 0 Å². The van der Waals surface area contributed by atoms with Gasteiger partial charge in [0.25, 0.3) is 0 Å². The van der Waals surface area contributed by atoms with E-state index in [2.05, 4.69) is 18.3 Å². The molecule has 0 aromatic heterocycles. The number of likely N-dealkylation sites (N-methyl/N-ethyl adjacent to an activating group) is 1. The van der Waals surface area contributed by atoms with Crippen molar-refractivity contribution in [2.45, 2.75) is 26.0 Å². The van der Waals surface area contributed by atoms with Crippen LogP contribution in [0.3, 0.4) is 0 Å². The summed E-state index contributed by atoms with van der Waals surface area (Å²) >= 11 is 5.96. The van der Waals surface area contributed by atoms with Crippen LogP contribution in [0, 0.1) is 0 Å². The van der Waals surface area contributed by atoms with E-state index >= 15 is 0 Å². The van der Waals surface area contributed by atoms with E-state index in [0.29, 0.717) is 0 Å². The predicted octanol–water partition coefficient (Wildman–Crippen LogP) is 3.03. The molecule has 0 bridgehead atoms. The van der Waals surface area contributed by atoms with Crippen LogP contribution in [0.25, 0.3) is 0 Å². The minimum absolute atomic E-state index is 0.137. The number of halogens is 1. The number of hydrogen-bond donors (Lipinski definition) is 1. The molecule has 15 heavy (non-hydrogen) atoms. The minimum Gasteiger partial charge on any atom is -0.377 e. The summed E-state index contributed by atoms with van der Waals surface area (Å²) in [5, 5.41) is 4.01. The molecule has 1 aromatic rings. The lowest BCUT2D eigenvalue weighted by molar-refractivity contribution is 0.0493. The third kappa shape index (κ3) is 3.49. The average Bonchev–Trinajstić information content (AvgIpc) is 2.19. The molecule has 2 nitrogen and oxygen atoms in total. The van der Waals surface area contributed by atoms with E-state index in [4.69, 9.17) is 16.3 Å². The van der Waals surface area contributed by atoms with Crippen molar-refractivity contribution < 1.29 is 4.74 Å². The van der Waals surface area contributed by atoms with Gasteiger partial charge in [-0.15, -0.1) is 0 Å². The molecule has 3 heteroatoms. The molecule has 0 saturated heterocycles. The molecule has 0 saturated carbocycles. The zero-order valence-electron chi connectivity index (χ0n) is 9.46. The highest BCUT2D eigenvalue weighted by Crippen LogP contribution is 2.21. The van der Waals surface area contributed by atoms with Crippen molar-refractivity contribution in [3.05, 3.63) is 34.9 Å². The second-order valence-corrected chi connectivity index (χ2v) is 3.92. The van der Waals surface area contributed by atoms with Crippen molar-refractivity contribution >= 4 is 11.6 Å². The third-order valence-corrected chi connectivity index (χ3v) is 2.65. The van der Waals surface area contributed by atoms with Crippen LogP contribution in [0.15, 0.2) is 24.3 Å². The number of nitrogens with one attached hydrogen (secondary N) is 1. The third-order valence-electron chi connectivity index (χ3n) is 2.42. The molecule has 2 atom stereocenters. The van der Waals surface area contributed by atoms with Crippen molar-refractivity contribution in [3.8, 4) is 0 Å². The minimum atomic E-state index is 0.137. The van der Waals surface area contributed by atoms with E-state index < -0.39 is 0 Å². The van der Waals surface area contributed by atoms with E-state index in [0.717, 1.165) is 17.2 Å². The Morgan fingerprint density at radius 1 is 1.47 bits per heavy atom. The Kier molecular flexibility index (Phi) is 5.09. The zero-order chi connectivity index (χ0) is 11.3. The molecule has 0 radical (unpaired) electrons. The first-order valence-electron chi connectivity index (χ1n) is 5.23. The van der Waals surface area contributed by atoms with Gasteiger partial charge in [0.15, 0.2) is 0 Å². The Bertz CT molecular complexity index is 303. The lowest BCUT2D eigenvalue weighted by atomic mass is 10.0. The Balaban J connectivity index is 2.82. The van der Waals surface area contributed by atoms with Crippen LogP contribution in [0.4, 0.5) is 0 Å². The van der Waals surface area contributed by atoms with Crippen molar-refractivity contribution in [2.24, 2.45) is 0 Å². The van der Waals surface area contributed by atoms with Crippen molar-refractivity contribution in [1.82, 2.24) is 5.32 Å². The predicted molar refractivity (Wildman–Crippen MR) is 64.3 cm³/mol. The second-order valence-electron chi connectivity index (χ2n) is 3.48. The second kappa shape index (κ2) is 6.11. The molecule has 2 unspecified atom stereocenters. The fourth-order valence-corrected chi connectivity index (χ4v) is 1.93. The van der Waals surface area contributed by atoms with Crippen LogP contribution < -0.4 is 5.32 Å². The fraction of sp³-hybridized carbons (Fsp3) is 0.500. The molecule has 84 valence electrons. The molecule has 1 aromatic carbocycles. The lowest BCUT2D eigenvalue weighted by Gasteiger charge is -2.23. The van der Waals surface area contributed by atoms with Gasteiger partial charge in [-0.2, -0.15) is 0 Å². The van der Waals surface area contributed by atoms with Gasteiger partial charge in [-0.1, -0.05) is 23.7 Å². The van der Waals surface area contributed by atoms with Gasteiger partial charge in [-0.05, 0) is 38.6 Å². The summed E-state index contributed by atoms with van der Waals surface area (Å²) in [5.74, 6) is 0. The van der Waals surface area contributed by atoms with E-state index in [-0.39, 0.29) is 12.1 Å². The lowest BCUT2D eigenvalue weighted by Crippen LogP contribution is -2.29. The Morgan fingerprint density at radius 3 is 2.73 bits per heavy atom. The molecule has 0 aliphatic heterocycles. The quantitative estimate of drug-likeness (QED) is 0.835. The first-order chi connectivity index (χ1) is 7.19. The van der Waals surface area contributed by atoms with E-state index in [1.54, 1.807) is 0 Å². The largest absolute Gasteiger partial charge is 0.377 e. The molecular weight excluding hydrogens is 210 g/mol. The van der Waals surface area contributed by atoms with Crippen LogP contribution in [-0.2, 0) is 4.74 Å². The van der Waals surface area contributed by atoms with Crippen LogP contribution in [-0.4, -0.2) is 19.8 Å². The monoisotopic (exact) mass is 227 g/mol. The molecule has 0 amide bonds. The standard InChI is InChI=1S/C12H18ClNO/c1-4-15-9(2)12(14-3)10-6-5-7-11(13)8-10/h5-9,12,14H,4H2,1-3H3. The Morgan fingerprint density at radius 2 is 2.20 bits per heavy atom. The smallest absolute Gasteiger partial charge is 0.0741 e. The van der Waals surface area contributed by atoms with Gasteiger partial charge in [0.05, 0.1) is 12.1 Å². The van der Waals surface area contributed by atoms with Crippen molar-refractivity contribution in [1.29, 1.82) is 0 Å². The molecule has 0 aliphatic carbocycles. The molecule has 0 spiro atoms. The van der Waals surface area contributed by atoms with E-state index in [9.17, 15) is 0 Å². The number of rotatable bonds is 5. The SMILES string of the molecule is CCOC(C)C(NC)c1cccc(Cl)c1.